The fourth-order valence-corrected chi connectivity index (χ4v) is 2.25. The van der Waals surface area contributed by atoms with E-state index in [1.165, 1.54) is 0 Å². The molecule has 0 fully saturated rings. The molecule has 0 unspecified atom stereocenters. The van der Waals surface area contributed by atoms with Gasteiger partial charge in [-0.15, -0.1) is 0 Å². The van der Waals surface area contributed by atoms with Crippen LogP contribution in [0.25, 0.3) is 0 Å². The van der Waals surface area contributed by atoms with Gasteiger partial charge in [0.2, 0.25) is 0 Å². The average Bonchev–Trinajstić information content (AvgIpc) is 2.38. The Hall–Kier alpha value is -1.78. The SMILES string of the molecule is O=C(O)c1c(F)cc(Cl)c(OCc2ccccc2)c1Cl. The van der Waals surface area contributed by atoms with E-state index in [0.29, 0.717) is 0 Å². The van der Waals surface area contributed by atoms with Gasteiger partial charge in [-0.2, -0.15) is 0 Å². The number of carbonyl (C=O) groups is 1. The molecule has 0 amide bonds. The van der Waals surface area contributed by atoms with Crippen molar-refractivity contribution in [2.75, 3.05) is 0 Å². The molecule has 2 aromatic carbocycles. The molecular formula is C14H9Cl2FO3. The fraction of sp³-hybridized carbons (Fsp3) is 0.0714. The molecule has 1 N–H and O–H groups in total. The Bertz CT molecular complexity index is 645. The molecule has 2 aromatic rings. The molecule has 0 aliphatic rings. The van der Waals surface area contributed by atoms with E-state index < -0.39 is 17.3 Å². The average molecular weight is 315 g/mol. The number of hydrogen-bond donors (Lipinski definition) is 1. The molecule has 0 bridgehead atoms. The van der Waals surface area contributed by atoms with Gasteiger partial charge in [-0.3, -0.25) is 0 Å². The van der Waals surface area contributed by atoms with E-state index in [9.17, 15) is 9.18 Å². The third-order valence-corrected chi connectivity index (χ3v) is 3.21. The molecule has 2 rings (SSSR count). The van der Waals surface area contributed by atoms with Crippen LogP contribution in [0.3, 0.4) is 0 Å². The van der Waals surface area contributed by atoms with Crippen LogP contribution in [0.15, 0.2) is 36.4 Å². The molecule has 0 saturated heterocycles. The topological polar surface area (TPSA) is 46.5 Å². The summed E-state index contributed by atoms with van der Waals surface area (Å²) in [4.78, 5) is 11.0. The standard InChI is InChI=1S/C14H9Cl2FO3/c15-9-6-10(17)11(14(18)19)12(16)13(9)20-7-8-4-2-1-3-5-8/h1-6H,7H2,(H,18,19). The number of hydrogen-bond acceptors (Lipinski definition) is 2. The van der Waals surface area contributed by atoms with Crippen LogP contribution in [0.2, 0.25) is 10.0 Å². The Labute approximate surface area is 124 Å². The summed E-state index contributed by atoms with van der Waals surface area (Å²) >= 11 is 11.7. The summed E-state index contributed by atoms with van der Waals surface area (Å²) in [6.07, 6.45) is 0. The number of halogens is 3. The van der Waals surface area contributed by atoms with Crippen LogP contribution in [-0.2, 0) is 6.61 Å². The largest absolute Gasteiger partial charge is 0.486 e. The molecule has 0 aliphatic carbocycles. The second-order valence-electron chi connectivity index (χ2n) is 3.94. The first-order valence-electron chi connectivity index (χ1n) is 5.58. The van der Waals surface area contributed by atoms with Crippen LogP contribution in [0.1, 0.15) is 15.9 Å². The fourth-order valence-electron chi connectivity index (χ4n) is 1.63. The maximum Gasteiger partial charge on any atom is 0.340 e. The van der Waals surface area contributed by atoms with Crippen molar-refractivity contribution in [2.24, 2.45) is 0 Å². The van der Waals surface area contributed by atoms with Crippen LogP contribution in [-0.4, -0.2) is 11.1 Å². The second kappa shape index (κ2) is 6.11. The van der Waals surface area contributed by atoms with Crippen molar-refractivity contribution in [2.45, 2.75) is 6.61 Å². The van der Waals surface area contributed by atoms with E-state index in [2.05, 4.69) is 0 Å². The molecule has 0 saturated carbocycles. The van der Waals surface area contributed by atoms with Crippen LogP contribution in [0, 0.1) is 5.82 Å². The summed E-state index contributed by atoms with van der Waals surface area (Å²) in [5.41, 5.74) is 0.194. The molecule has 6 heteroatoms. The summed E-state index contributed by atoms with van der Waals surface area (Å²) in [5.74, 6) is -2.52. The van der Waals surface area contributed by atoms with Gasteiger partial charge in [-0.25, -0.2) is 9.18 Å². The van der Waals surface area contributed by atoms with Crippen molar-refractivity contribution in [3.63, 3.8) is 0 Å². The van der Waals surface area contributed by atoms with Gasteiger partial charge in [0, 0.05) is 0 Å². The molecule has 0 heterocycles. The van der Waals surface area contributed by atoms with Crippen molar-refractivity contribution in [3.8, 4) is 5.75 Å². The Balaban J connectivity index is 2.32. The first kappa shape index (κ1) is 14.6. The lowest BCUT2D eigenvalue weighted by molar-refractivity contribution is 0.0691. The van der Waals surface area contributed by atoms with Crippen molar-refractivity contribution >= 4 is 29.2 Å². The van der Waals surface area contributed by atoms with Gasteiger partial charge in [-0.1, -0.05) is 53.5 Å². The van der Waals surface area contributed by atoms with Crippen LogP contribution in [0.4, 0.5) is 4.39 Å². The molecule has 0 atom stereocenters. The lowest BCUT2D eigenvalue weighted by Crippen LogP contribution is -2.05. The van der Waals surface area contributed by atoms with Gasteiger partial charge >= 0.3 is 5.97 Å². The van der Waals surface area contributed by atoms with Crippen molar-refractivity contribution in [3.05, 3.63) is 63.4 Å². The van der Waals surface area contributed by atoms with Crippen LogP contribution >= 0.6 is 23.2 Å². The van der Waals surface area contributed by atoms with Crippen molar-refractivity contribution in [1.29, 1.82) is 0 Å². The van der Waals surface area contributed by atoms with Crippen LogP contribution < -0.4 is 4.74 Å². The molecule has 0 spiro atoms. The molecule has 104 valence electrons. The summed E-state index contributed by atoms with van der Waals surface area (Å²) < 4.78 is 18.9. The Morgan fingerprint density at radius 3 is 2.50 bits per heavy atom. The summed E-state index contributed by atoms with van der Waals surface area (Å²) in [7, 11) is 0. The normalized spacial score (nSPS) is 10.3. The lowest BCUT2D eigenvalue weighted by atomic mass is 10.2. The number of ether oxygens (including phenoxy) is 1. The van der Waals surface area contributed by atoms with E-state index in [0.717, 1.165) is 11.6 Å². The van der Waals surface area contributed by atoms with Gasteiger partial charge in [-0.05, 0) is 11.6 Å². The molecular weight excluding hydrogens is 306 g/mol. The minimum atomic E-state index is -1.48. The van der Waals surface area contributed by atoms with Gasteiger partial charge in [0.1, 0.15) is 23.0 Å². The maximum absolute atomic E-state index is 13.5. The highest BCUT2D eigenvalue weighted by Gasteiger charge is 2.22. The van der Waals surface area contributed by atoms with E-state index in [4.69, 9.17) is 33.0 Å². The second-order valence-corrected chi connectivity index (χ2v) is 4.72. The van der Waals surface area contributed by atoms with Gasteiger partial charge in [0.15, 0.2) is 5.75 Å². The summed E-state index contributed by atoms with van der Waals surface area (Å²) in [6.45, 7) is 0.144. The molecule has 20 heavy (non-hydrogen) atoms. The first-order chi connectivity index (χ1) is 9.50. The smallest absolute Gasteiger partial charge is 0.340 e. The minimum absolute atomic E-state index is 0.0454. The van der Waals surface area contributed by atoms with Crippen LogP contribution in [0.5, 0.6) is 5.75 Å². The quantitative estimate of drug-likeness (QED) is 0.909. The third kappa shape index (κ3) is 3.03. The summed E-state index contributed by atoms with van der Waals surface area (Å²) in [5, 5.41) is 8.50. The van der Waals surface area contributed by atoms with Crippen molar-refractivity contribution < 1.29 is 19.0 Å². The number of aromatic carboxylic acids is 1. The zero-order valence-electron chi connectivity index (χ0n) is 10.1. The van der Waals surface area contributed by atoms with E-state index in [1.807, 2.05) is 30.3 Å². The monoisotopic (exact) mass is 314 g/mol. The number of carboxylic acids is 1. The van der Waals surface area contributed by atoms with E-state index in [1.54, 1.807) is 0 Å². The maximum atomic E-state index is 13.5. The predicted molar refractivity (Wildman–Crippen MR) is 74.2 cm³/mol. The van der Waals surface area contributed by atoms with Crippen molar-refractivity contribution in [1.82, 2.24) is 0 Å². The Morgan fingerprint density at radius 1 is 1.25 bits per heavy atom. The van der Waals surface area contributed by atoms with Gasteiger partial charge in [0.05, 0.1) is 5.02 Å². The highest BCUT2D eigenvalue weighted by molar-refractivity contribution is 6.39. The lowest BCUT2D eigenvalue weighted by Gasteiger charge is -2.12. The number of carboxylic acid groups (broad SMARTS) is 1. The highest BCUT2D eigenvalue weighted by atomic mass is 35.5. The third-order valence-electron chi connectivity index (χ3n) is 2.57. The highest BCUT2D eigenvalue weighted by Crippen LogP contribution is 2.37. The van der Waals surface area contributed by atoms with E-state index in [-0.39, 0.29) is 22.4 Å². The zero-order chi connectivity index (χ0) is 14.7. The first-order valence-corrected chi connectivity index (χ1v) is 6.33. The van der Waals surface area contributed by atoms with Gasteiger partial charge in [0.25, 0.3) is 0 Å². The molecule has 3 nitrogen and oxygen atoms in total. The van der Waals surface area contributed by atoms with Gasteiger partial charge < -0.3 is 9.84 Å². The summed E-state index contributed by atoms with van der Waals surface area (Å²) in [6, 6.07) is 10.0. The van der Waals surface area contributed by atoms with E-state index >= 15 is 0 Å². The molecule has 0 aromatic heterocycles. The predicted octanol–water partition coefficient (Wildman–Crippen LogP) is 4.41. The zero-order valence-corrected chi connectivity index (χ0v) is 11.6. The minimum Gasteiger partial charge on any atom is -0.486 e. The molecule has 0 radical (unpaired) electrons. The molecule has 0 aliphatic heterocycles. The number of rotatable bonds is 4. The Morgan fingerprint density at radius 2 is 1.90 bits per heavy atom. The Kier molecular flexibility index (Phi) is 4.47. The number of benzene rings is 2.